The van der Waals surface area contributed by atoms with E-state index in [1.165, 1.54) is 0 Å². The predicted octanol–water partition coefficient (Wildman–Crippen LogP) is 3.25. The quantitative estimate of drug-likeness (QED) is 0.816. The van der Waals surface area contributed by atoms with Crippen LogP contribution in [0.4, 0.5) is 0 Å². The molecule has 0 unspecified atom stereocenters. The maximum absolute atomic E-state index is 12.6. The summed E-state index contributed by atoms with van der Waals surface area (Å²) in [4.78, 5) is 18.8. The van der Waals surface area contributed by atoms with Crippen LogP contribution in [0.3, 0.4) is 0 Å². The zero-order valence-electron chi connectivity index (χ0n) is 12.6. The lowest BCUT2D eigenvalue weighted by atomic mass is 10.0. The molecule has 0 bridgehead atoms. The van der Waals surface area contributed by atoms with Gasteiger partial charge in [-0.1, -0.05) is 23.7 Å². The van der Waals surface area contributed by atoms with E-state index >= 15 is 0 Å². The minimum atomic E-state index is 0.0179. The Balaban J connectivity index is 1.81. The van der Waals surface area contributed by atoms with E-state index in [1.54, 1.807) is 7.11 Å². The summed E-state index contributed by atoms with van der Waals surface area (Å²) >= 11 is 6.04. The first-order chi connectivity index (χ1) is 10.6. The maximum Gasteiger partial charge on any atom is 0.256 e. The van der Waals surface area contributed by atoms with Crippen molar-refractivity contribution in [3.8, 4) is 5.75 Å². The van der Waals surface area contributed by atoms with Gasteiger partial charge in [0, 0.05) is 19.5 Å². The number of rotatable bonds is 3. The largest absolute Gasteiger partial charge is 0.497 e. The predicted molar refractivity (Wildman–Crippen MR) is 85.4 cm³/mol. The van der Waals surface area contributed by atoms with Crippen LogP contribution in [-0.4, -0.2) is 29.4 Å². The summed E-state index contributed by atoms with van der Waals surface area (Å²) in [5.41, 5.74) is 3.38. The number of carbonyl (C=O) groups excluding carboxylic acids is 1. The fourth-order valence-electron chi connectivity index (χ4n) is 2.62. The van der Waals surface area contributed by atoms with Gasteiger partial charge in [-0.3, -0.25) is 4.79 Å². The third kappa shape index (κ3) is 2.79. The lowest BCUT2D eigenvalue weighted by Gasteiger charge is -2.28. The van der Waals surface area contributed by atoms with Crippen LogP contribution in [-0.2, 0) is 13.0 Å². The van der Waals surface area contributed by atoms with Crippen molar-refractivity contribution < 1.29 is 9.53 Å². The van der Waals surface area contributed by atoms with Crippen LogP contribution in [0.5, 0.6) is 5.75 Å². The van der Waals surface area contributed by atoms with E-state index < -0.39 is 0 Å². The number of aromatic nitrogens is 1. The minimum absolute atomic E-state index is 0.0179. The van der Waals surface area contributed by atoms with E-state index in [0.717, 1.165) is 29.0 Å². The molecule has 1 aromatic carbocycles. The van der Waals surface area contributed by atoms with Crippen LogP contribution in [0.25, 0.3) is 0 Å². The second kappa shape index (κ2) is 5.97. The highest BCUT2D eigenvalue weighted by atomic mass is 35.5. The van der Waals surface area contributed by atoms with Crippen molar-refractivity contribution in [2.75, 3.05) is 13.7 Å². The molecule has 0 spiro atoms. The van der Waals surface area contributed by atoms with Crippen molar-refractivity contribution in [3.63, 3.8) is 0 Å². The Hall–Kier alpha value is -2.07. The summed E-state index contributed by atoms with van der Waals surface area (Å²) in [5.74, 6) is 0.831. The molecule has 0 atom stereocenters. The summed E-state index contributed by atoms with van der Waals surface area (Å²) in [7, 11) is 1.64. The number of benzene rings is 1. The molecule has 0 aliphatic carbocycles. The number of ether oxygens (including phenoxy) is 1. The molecule has 1 aliphatic heterocycles. The molecular formula is C17H17ClN2O2. The van der Waals surface area contributed by atoms with Gasteiger partial charge in [-0.25, -0.2) is 4.98 Å². The van der Waals surface area contributed by atoms with Crippen molar-refractivity contribution in [1.82, 2.24) is 9.88 Å². The van der Waals surface area contributed by atoms with Crippen LogP contribution in [0, 0.1) is 6.92 Å². The third-order valence-corrected chi connectivity index (χ3v) is 4.28. The molecule has 2 aromatic rings. The zero-order chi connectivity index (χ0) is 15.7. The van der Waals surface area contributed by atoms with Crippen molar-refractivity contribution in [3.05, 3.63) is 57.9 Å². The molecule has 0 saturated heterocycles. The fourth-order valence-corrected chi connectivity index (χ4v) is 2.77. The Morgan fingerprint density at radius 3 is 2.73 bits per heavy atom. The molecule has 1 amide bonds. The Kier molecular flexibility index (Phi) is 4.03. The average molecular weight is 317 g/mol. The van der Waals surface area contributed by atoms with Gasteiger partial charge in [-0.15, -0.1) is 0 Å². The van der Waals surface area contributed by atoms with Crippen LogP contribution in [0.15, 0.2) is 30.3 Å². The normalized spacial score (nSPS) is 14.0. The number of aryl methyl sites for hydroxylation is 1. The maximum atomic E-state index is 12.6. The SMILES string of the molecule is COc1ccc(CN2CCc3nc(Cl)c(C)cc3C2=O)cc1. The Morgan fingerprint density at radius 1 is 1.32 bits per heavy atom. The van der Waals surface area contributed by atoms with Crippen molar-refractivity contribution in [2.24, 2.45) is 0 Å². The Bertz CT molecular complexity index is 713. The highest BCUT2D eigenvalue weighted by Gasteiger charge is 2.26. The number of fused-ring (bicyclic) bond motifs is 1. The third-order valence-electron chi connectivity index (χ3n) is 3.90. The van der Waals surface area contributed by atoms with E-state index in [1.807, 2.05) is 42.2 Å². The lowest BCUT2D eigenvalue weighted by Crippen LogP contribution is -2.37. The lowest BCUT2D eigenvalue weighted by molar-refractivity contribution is 0.0725. The van der Waals surface area contributed by atoms with Gasteiger partial charge in [0.2, 0.25) is 0 Å². The Labute approximate surface area is 134 Å². The fraction of sp³-hybridized carbons (Fsp3) is 0.294. The van der Waals surface area contributed by atoms with Gasteiger partial charge in [-0.2, -0.15) is 0 Å². The van der Waals surface area contributed by atoms with E-state index in [4.69, 9.17) is 16.3 Å². The highest BCUT2D eigenvalue weighted by molar-refractivity contribution is 6.30. The molecule has 0 radical (unpaired) electrons. The van der Waals surface area contributed by atoms with Gasteiger partial charge in [0.05, 0.1) is 18.4 Å². The van der Waals surface area contributed by atoms with Crippen LogP contribution < -0.4 is 4.74 Å². The molecule has 22 heavy (non-hydrogen) atoms. The van der Waals surface area contributed by atoms with Gasteiger partial charge in [0.15, 0.2) is 0 Å². The number of carbonyl (C=O) groups is 1. The standard InChI is InChI=1S/C17H17ClN2O2/c1-11-9-14-15(19-16(11)18)7-8-20(17(14)21)10-12-3-5-13(22-2)6-4-12/h3-6,9H,7-8,10H2,1-2H3. The number of hydrogen-bond donors (Lipinski definition) is 0. The van der Waals surface area contributed by atoms with E-state index in [0.29, 0.717) is 23.8 Å². The summed E-state index contributed by atoms with van der Waals surface area (Å²) < 4.78 is 5.15. The number of methoxy groups -OCH3 is 1. The average Bonchev–Trinajstić information content (AvgIpc) is 2.53. The van der Waals surface area contributed by atoms with Crippen LogP contribution >= 0.6 is 11.6 Å². The summed E-state index contributed by atoms with van der Waals surface area (Å²) in [6.07, 6.45) is 0.733. The summed E-state index contributed by atoms with van der Waals surface area (Å²) in [6.45, 7) is 3.11. The molecule has 114 valence electrons. The van der Waals surface area contributed by atoms with Crippen LogP contribution in [0.2, 0.25) is 5.15 Å². The molecule has 1 aromatic heterocycles. The molecule has 1 aliphatic rings. The monoisotopic (exact) mass is 316 g/mol. The molecule has 4 nitrogen and oxygen atoms in total. The molecule has 2 heterocycles. The highest BCUT2D eigenvalue weighted by Crippen LogP contribution is 2.24. The van der Waals surface area contributed by atoms with Crippen molar-refractivity contribution in [2.45, 2.75) is 19.9 Å². The van der Waals surface area contributed by atoms with Gasteiger partial charge in [0.25, 0.3) is 5.91 Å². The first-order valence-electron chi connectivity index (χ1n) is 7.16. The van der Waals surface area contributed by atoms with E-state index in [2.05, 4.69) is 4.98 Å². The van der Waals surface area contributed by atoms with Gasteiger partial charge < -0.3 is 9.64 Å². The minimum Gasteiger partial charge on any atom is -0.497 e. The number of halogens is 1. The molecule has 5 heteroatoms. The summed E-state index contributed by atoms with van der Waals surface area (Å²) in [5, 5.41) is 0.482. The molecule has 0 fully saturated rings. The molecular weight excluding hydrogens is 300 g/mol. The second-order valence-electron chi connectivity index (χ2n) is 5.42. The van der Waals surface area contributed by atoms with Gasteiger partial charge >= 0.3 is 0 Å². The first-order valence-corrected chi connectivity index (χ1v) is 7.54. The van der Waals surface area contributed by atoms with Gasteiger partial charge in [-0.05, 0) is 36.2 Å². The first kappa shape index (κ1) is 14.9. The number of pyridine rings is 1. The topological polar surface area (TPSA) is 42.4 Å². The van der Waals surface area contributed by atoms with E-state index in [-0.39, 0.29) is 5.91 Å². The molecule has 3 rings (SSSR count). The zero-order valence-corrected chi connectivity index (χ0v) is 13.4. The number of hydrogen-bond acceptors (Lipinski definition) is 3. The van der Waals surface area contributed by atoms with E-state index in [9.17, 15) is 4.79 Å². The molecule has 0 N–H and O–H groups in total. The van der Waals surface area contributed by atoms with Crippen molar-refractivity contribution >= 4 is 17.5 Å². The Morgan fingerprint density at radius 2 is 2.05 bits per heavy atom. The number of nitrogens with zero attached hydrogens (tertiary/aromatic N) is 2. The van der Waals surface area contributed by atoms with Crippen LogP contribution in [0.1, 0.15) is 27.2 Å². The summed E-state index contributed by atoms with van der Waals surface area (Å²) in [6, 6.07) is 9.61. The van der Waals surface area contributed by atoms with Gasteiger partial charge in [0.1, 0.15) is 10.9 Å². The van der Waals surface area contributed by atoms with Crippen molar-refractivity contribution in [1.29, 1.82) is 0 Å². The molecule has 0 saturated carbocycles. The number of amides is 1. The second-order valence-corrected chi connectivity index (χ2v) is 5.77. The smallest absolute Gasteiger partial charge is 0.256 e.